The first-order valence-electron chi connectivity index (χ1n) is 7.98. The Kier molecular flexibility index (Phi) is 4.70. The Hall–Kier alpha value is -3.61. The molecule has 132 valence electrons. The van der Waals surface area contributed by atoms with Crippen molar-refractivity contribution in [2.24, 2.45) is 5.10 Å². The second-order valence-corrected chi connectivity index (χ2v) is 5.77. The molecule has 0 aliphatic carbocycles. The van der Waals surface area contributed by atoms with Crippen LogP contribution in [0.2, 0.25) is 0 Å². The number of nitrogens with one attached hydrogen (secondary N) is 2. The van der Waals surface area contributed by atoms with Gasteiger partial charge in [-0.2, -0.15) is 5.10 Å². The maximum Gasteiger partial charge on any atom is 0.280 e. The minimum atomic E-state index is -0.430. The largest absolute Gasteiger partial charge is 0.508 e. The van der Waals surface area contributed by atoms with Crippen molar-refractivity contribution < 1.29 is 9.90 Å². The number of H-pyrrole nitrogens is 1. The normalized spacial score (nSPS) is 11.4. The van der Waals surface area contributed by atoms with Crippen LogP contribution in [0.1, 0.15) is 28.5 Å². The number of amides is 1. The molecule has 0 fully saturated rings. The van der Waals surface area contributed by atoms with E-state index in [1.54, 1.807) is 13.8 Å². The van der Waals surface area contributed by atoms with Gasteiger partial charge in [0.15, 0.2) is 0 Å². The van der Waals surface area contributed by atoms with Gasteiger partial charge in [-0.05, 0) is 50.2 Å². The molecule has 7 heteroatoms. The molecule has 0 saturated carbocycles. The quantitative estimate of drug-likeness (QED) is 0.497. The maximum atomic E-state index is 12.7. The summed E-state index contributed by atoms with van der Waals surface area (Å²) >= 11 is 0. The Morgan fingerprint density at radius 1 is 1.12 bits per heavy atom. The van der Waals surface area contributed by atoms with Crippen LogP contribution in [0.25, 0.3) is 5.69 Å². The molecule has 0 radical (unpaired) electrons. The third-order valence-electron chi connectivity index (χ3n) is 3.90. The topological polar surface area (TPSA) is 99.5 Å². The summed E-state index contributed by atoms with van der Waals surface area (Å²) in [7, 11) is 0. The molecule has 3 aromatic rings. The number of para-hydroxylation sites is 1. The lowest BCUT2D eigenvalue weighted by atomic mass is 10.2. The highest BCUT2D eigenvalue weighted by Crippen LogP contribution is 2.10. The molecular weight excluding hydrogens is 332 g/mol. The predicted molar refractivity (Wildman–Crippen MR) is 98.9 cm³/mol. The van der Waals surface area contributed by atoms with Gasteiger partial charge in [0.1, 0.15) is 5.75 Å². The fourth-order valence-corrected chi connectivity index (χ4v) is 2.60. The summed E-state index contributed by atoms with van der Waals surface area (Å²) in [6.07, 6.45) is 0. The van der Waals surface area contributed by atoms with Crippen LogP contribution < -0.4 is 11.0 Å². The van der Waals surface area contributed by atoms with Gasteiger partial charge in [0.25, 0.3) is 11.5 Å². The smallest absolute Gasteiger partial charge is 0.280 e. The minimum Gasteiger partial charge on any atom is -0.508 e. The lowest BCUT2D eigenvalue weighted by Gasteiger charge is -2.02. The number of carbonyl (C=O) groups is 1. The third-order valence-corrected chi connectivity index (χ3v) is 3.90. The summed E-state index contributed by atoms with van der Waals surface area (Å²) < 4.78 is 1.44. The zero-order chi connectivity index (χ0) is 18.7. The second kappa shape index (κ2) is 7.10. The molecule has 1 heterocycles. The summed E-state index contributed by atoms with van der Waals surface area (Å²) in [5, 5.41) is 16.3. The lowest BCUT2D eigenvalue weighted by Crippen LogP contribution is -2.23. The number of aryl methyl sites for hydroxylation is 1. The van der Waals surface area contributed by atoms with E-state index in [0.29, 0.717) is 28.2 Å². The third kappa shape index (κ3) is 3.41. The van der Waals surface area contributed by atoms with Crippen LogP contribution in [0.3, 0.4) is 0 Å². The van der Waals surface area contributed by atoms with Crippen LogP contribution in [0, 0.1) is 6.92 Å². The van der Waals surface area contributed by atoms with Gasteiger partial charge < -0.3 is 5.11 Å². The number of phenolic OH excluding ortho intramolecular Hbond substituents is 1. The van der Waals surface area contributed by atoms with Crippen molar-refractivity contribution in [3.8, 4) is 11.4 Å². The molecule has 3 rings (SSSR count). The lowest BCUT2D eigenvalue weighted by molar-refractivity contribution is 0.0955. The van der Waals surface area contributed by atoms with Crippen LogP contribution in [0.5, 0.6) is 5.75 Å². The molecule has 2 aromatic carbocycles. The molecular formula is C19H18N4O3. The van der Waals surface area contributed by atoms with E-state index < -0.39 is 5.91 Å². The van der Waals surface area contributed by atoms with E-state index in [0.717, 1.165) is 0 Å². The predicted octanol–water partition coefficient (Wildman–Crippen LogP) is 2.33. The average Bonchev–Trinajstić information content (AvgIpc) is 2.95. The fourth-order valence-electron chi connectivity index (χ4n) is 2.60. The molecule has 1 amide bonds. The minimum absolute atomic E-state index is 0.0747. The number of hydrogen-bond donors (Lipinski definition) is 3. The van der Waals surface area contributed by atoms with Gasteiger partial charge in [-0.3, -0.25) is 14.7 Å². The first kappa shape index (κ1) is 17.2. The fraction of sp³-hybridized carbons (Fsp3) is 0.105. The van der Waals surface area contributed by atoms with Gasteiger partial charge in [-0.25, -0.2) is 10.1 Å². The first-order valence-corrected chi connectivity index (χ1v) is 7.98. The van der Waals surface area contributed by atoms with Crippen molar-refractivity contribution in [2.75, 3.05) is 0 Å². The van der Waals surface area contributed by atoms with Gasteiger partial charge >= 0.3 is 0 Å². The van der Waals surface area contributed by atoms with Gasteiger partial charge in [0, 0.05) is 11.3 Å². The van der Waals surface area contributed by atoms with Crippen LogP contribution in [-0.4, -0.2) is 26.5 Å². The van der Waals surface area contributed by atoms with E-state index in [1.807, 2.05) is 30.3 Å². The van der Waals surface area contributed by atoms with Crippen molar-refractivity contribution in [1.82, 2.24) is 15.2 Å². The van der Waals surface area contributed by atoms with Crippen molar-refractivity contribution in [3.05, 3.63) is 81.8 Å². The summed E-state index contributed by atoms with van der Waals surface area (Å²) in [5.74, 6) is -0.355. The second-order valence-electron chi connectivity index (χ2n) is 5.77. The van der Waals surface area contributed by atoms with Crippen molar-refractivity contribution in [2.45, 2.75) is 13.8 Å². The number of benzene rings is 2. The molecule has 0 spiro atoms. The number of nitrogens with zero attached hydrogens (tertiary/aromatic N) is 2. The number of phenols is 1. The molecule has 0 bridgehead atoms. The first-order chi connectivity index (χ1) is 12.5. The Morgan fingerprint density at radius 2 is 1.77 bits per heavy atom. The Morgan fingerprint density at radius 3 is 2.42 bits per heavy atom. The van der Waals surface area contributed by atoms with E-state index in [1.165, 1.54) is 28.9 Å². The van der Waals surface area contributed by atoms with E-state index >= 15 is 0 Å². The van der Waals surface area contributed by atoms with Crippen molar-refractivity contribution in [3.63, 3.8) is 0 Å². The highest BCUT2D eigenvalue weighted by atomic mass is 16.3. The standard InChI is InChI=1S/C19H18N4O3/c1-12(20-21-18(25)14-8-10-16(24)11-9-14)17-13(2)22-23(19(17)26)15-6-4-3-5-7-15/h3-11,22,24H,1-2H3,(H,21,25). The maximum absolute atomic E-state index is 12.7. The zero-order valence-electron chi connectivity index (χ0n) is 14.4. The number of hydrazone groups is 1. The Balaban J connectivity index is 1.86. The average molecular weight is 350 g/mol. The molecule has 0 atom stereocenters. The van der Waals surface area contributed by atoms with E-state index in [2.05, 4.69) is 15.6 Å². The van der Waals surface area contributed by atoms with Gasteiger partial charge in [0.05, 0.1) is 17.0 Å². The number of hydrogen-bond acceptors (Lipinski definition) is 4. The van der Waals surface area contributed by atoms with Crippen molar-refractivity contribution >= 4 is 11.6 Å². The number of aromatic nitrogens is 2. The van der Waals surface area contributed by atoms with Gasteiger partial charge in [-0.1, -0.05) is 18.2 Å². The van der Waals surface area contributed by atoms with Crippen LogP contribution in [-0.2, 0) is 0 Å². The molecule has 0 aliphatic rings. The SMILES string of the molecule is CC(=NNC(=O)c1ccc(O)cc1)c1c(C)[nH]n(-c2ccccc2)c1=O. The number of aromatic amines is 1. The highest BCUT2D eigenvalue weighted by molar-refractivity contribution is 6.01. The molecule has 26 heavy (non-hydrogen) atoms. The summed E-state index contributed by atoms with van der Waals surface area (Å²) in [6.45, 7) is 3.43. The molecule has 7 nitrogen and oxygen atoms in total. The highest BCUT2D eigenvalue weighted by Gasteiger charge is 2.15. The van der Waals surface area contributed by atoms with E-state index in [-0.39, 0.29) is 11.3 Å². The zero-order valence-corrected chi connectivity index (χ0v) is 14.4. The summed E-state index contributed by atoms with van der Waals surface area (Å²) in [6, 6.07) is 15.0. The molecule has 0 saturated heterocycles. The Bertz CT molecular complexity index is 1020. The molecule has 0 aliphatic heterocycles. The van der Waals surface area contributed by atoms with Gasteiger partial charge in [0.2, 0.25) is 0 Å². The molecule has 0 unspecified atom stereocenters. The summed E-state index contributed by atoms with van der Waals surface area (Å²) in [4.78, 5) is 24.8. The number of rotatable bonds is 4. The van der Waals surface area contributed by atoms with Crippen LogP contribution in [0.15, 0.2) is 64.5 Å². The number of carbonyl (C=O) groups excluding carboxylic acids is 1. The van der Waals surface area contributed by atoms with Crippen LogP contribution in [0.4, 0.5) is 0 Å². The van der Waals surface area contributed by atoms with E-state index in [9.17, 15) is 14.7 Å². The van der Waals surface area contributed by atoms with Crippen molar-refractivity contribution in [1.29, 1.82) is 0 Å². The monoisotopic (exact) mass is 350 g/mol. The summed E-state index contributed by atoms with van der Waals surface area (Å²) in [5.41, 5.74) is 4.70. The van der Waals surface area contributed by atoms with E-state index in [4.69, 9.17) is 0 Å². The molecule has 3 N–H and O–H groups in total. The molecule has 1 aromatic heterocycles. The Labute approximate surface area is 149 Å². The number of aromatic hydroxyl groups is 1. The van der Waals surface area contributed by atoms with Crippen LogP contribution >= 0.6 is 0 Å². The van der Waals surface area contributed by atoms with Gasteiger partial charge in [-0.15, -0.1) is 0 Å².